The fourth-order valence-electron chi connectivity index (χ4n) is 2.13. The molecule has 0 aromatic carbocycles. The number of ether oxygens (including phenoxy) is 2. The smallest absolute Gasteiger partial charge is 0.0700 e. The van der Waals surface area contributed by atoms with E-state index in [2.05, 4.69) is 24.1 Å². The molecule has 1 N–H and O–H groups in total. The second-order valence-corrected chi connectivity index (χ2v) is 4.96. The first kappa shape index (κ1) is 14.9. The molecule has 0 spiro atoms. The van der Waals surface area contributed by atoms with Gasteiger partial charge in [0.2, 0.25) is 0 Å². The Hall–Kier alpha value is -0.160. The van der Waals surface area contributed by atoms with Gasteiger partial charge in [-0.05, 0) is 26.7 Å². The zero-order valence-corrected chi connectivity index (χ0v) is 11.6. The molecule has 0 radical (unpaired) electrons. The van der Waals surface area contributed by atoms with Crippen LogP contribution in [0.25, 0.3) is 0 Å². The van der Waals surface area contributed by atoms with Gasteiger partial charge in [0.1, 0.15) is 0 Å². The molecule has 0 amide bonds. The van der Waals surface area contributed by atoms with Gasteiger partial charge >= 0.3 is 0 Å². The summed E-state index contributed by atoms with van der Waals surface area (Å²) >= 11 is 0. The summed E-state index contributed by atoms with van der Waals surface area (Å²) in [6, 6.07) is 0.578. The maximum Gasteiger partial charge on any atom is 0.0700 e. The molecule has 102 valence electrons. The van der Waals surface area contributed by atoms with Crippen LogP contribution in [0.5, 0.6) is 0 Å². The SMILES string of the molecule is COCCN(CCNCC1CCCO1)C(C)C. The molecule has 0 aliphatic carbocycles. The molecular formula is C13H28N2O2. The van der Waals surface area contributed by atoms with E-state index in [1.807, 2.05) is 0 Å². The first-order valence-electron chi connectivity index (χ1n) is 6.79. The molecule has 1 aliphatic heterocycles. The van der Waals surface area contributed by atoms with Crippen molar-refractivity contribution in [3.63, 3.8) is 0 Å². The largest absolute Gasteiger partial charge is 0.383 e. The highest BCUT2D eigenvalue weighted by Crippen LogP contribution is 2.10. The summed E-state index contributed by atoms with van der Waals surface area (Å²) in [5.74, 6) is 0. The Bertz CT molecular complexity index is 182. The Morgan fingerprint density at radius 3 is 2.82 bits per heavy atom. The van der Waals surface area contributed by atoms with Gasteiger partial charge in [-0.3, -0.25) is 4.90 Å². The molecule has 1 fully saturated rings. The van der Waals surface area contributed by atoms with Crippen LogP contribution in [0.4, 0.5) is 0 Å². The van der Waals surface area contributed by atoms with Crippen LogP contribution in [-0.4, -0.2) is 63.5 Å². The fourth-order valence-corrected chi connectivity index (χ4v) is 2.13. The predicted octanol–water partition coefficient (Wildman–Crippen LogP) is 1.11. The average molecular weight is 244 g/mol. The molecule has 0 saturated carbocycles. The molecule has 0 aromatic rings. The standard InChI is InChI=1S/C13H28N2O2/c1-12(2)15(8-10-16-3)7-6-14-11-13-5-4-9-17-13/h12-14H,4-11H2,1-3H3. The third kappa shape index (κ3) is 6.36. The van der Waals surface area contributed by atoms with Crippen molar-refractivity contribution in [3.05, 3.63) is 0 Å². The van der Waals surface area contributed by atoms with Gasteiger partial charge in [-0.15, -0.1) is 0 Å². The Morgan fingerprint density at radius 1 is 1.41 bits per heavy atom. The van der Waals surface area contributed by atoms with Gasteiger partial charge < -0.3 is 14.8 Å². The summed E-state index contributed by atoms with van der Waals surface area (Å²) in [5, 5.41) is 3.48. The molecule has 1 unspecified atom stereocenters. The highest BCUT2D eigenvalue weighted by molar-refractivity contribution is 4.69. The third-order valence-corrected chi connectivity index (χ3v) is 3.28. The van der Waals surface area contributed by atoms with Gasteiger partial charge in [-0.25, -0.2) is 0 Å². The van der Waals surface area contributed by atoms with E-state index < -0.39 is 0 Å². The molecule has 17 heavy (non-hydrogen) atoms. The summed E-state index contributed by atoms with van der Waals surface area (Å²) in [5.41, 5.74) is 0. The van der Waals surface area contributed by atoms with Crippen molar-refractivity contribution in [1.29, 1.82) is 0 Å². The van der Waals surface area contributed by atoms with Gasteiger partial charge in [0.05, 0.1) is 12.7 Å². The zero-order valence-electron chi connectivity index (χ0n) is 11.6. The van der Waals surface area contributed by atoms with Crippen LogP contribution in [0.3, 0.4) is 0 Å². The fraction of sp³-hybridized carbons (Fsp3) is 1.00. The van der Waals surface area contributed by atoms with Crippen molar-refractivity contribution >= 4 is 0 Å². The van der Waals surface area contributed by atoms with Crippen molar-refractivity contribution in [2.45, 2.75) is 38.8 Å². The maximum atomic E-state index is 5.58. The van der Waals surface area contributed by atoms with Crippen LogP contribution < -0.4 is 5.32 Å². The Kier molecular flexibility index (Phi) is 7.77. The van der Waals surface area contributed by atoms with Gasteiger partial charge in [0.25, 0.3) is 0 Å². The lowest BCUT2D eigenvalue weighted by Crippen LogP contribution is -2.40. The number of nitrogens with one attached hydrogen (secondary N) is 1. The van der Waals surface area contributed by atoms with E-state index in [-0.39, 0.29) is 0 Å². The Labute approximate surface area is 106 Å². The van der Waals surface area contributed by atoms with Crippen LogP contribution in [0.1, 0.15) is 26.7 Å². The number of rotatable bonds is 9. The van der Waals surface area contributed by atoms with Gasteiger partial charge in [0.15, 0.2) is 0 Å². The summed E-state index contributed by atoms with van der Waals surface area (Å²) in [6.45, 7) is 10.3. The van der Waals surface area contributed by atoms with Crippen molar-refractivity contribution in [2.24, 2.45) is 0 Å². The summed E-state index contributed by atoms with van der Waals surface area (Å²) in [6.07, 6.45) is 2.88. The lowest BCUT2D eigenvalue weighted by atomic mass is 10.2. The van der Waals surface area contributed by atoms with Gasteiger partial charge in [-0.1, -0.05) is 0 Å². The molecule has 1 atom stereocenters. The monoisotopic (exact) mass is 244 g/mol. The van der Waals surface area contributed by atoms with Crippen molar-refractivity contribution < 1.29 is 9.47 Å². The molecule has 1 rings (SSSR count). The third-order valence-electron chi connectivity index (χ3n) is 3.28. The maximum absolute atomic E-state index is 5.58. The van der Waals surface area contributed by atoms with E-state index in [9.17, 15) is 0 Å². The molecule has 1 saturated heterocycles. The van der Waals surface area contributed by atoms with E-state index in [1.54, 1.807) is 7.11 Å². The first-order chi connectivity index (χ1) is 8.24. The number of hydrogen-bond acceptors (Lipinski definition) is 4. The Morgan fingerprint density at radius 2 is 2.24 bits per heavy atom. The molecule has 4 heteroatoms. The zero-order chi connectivity index (χ0) is 12.5. The molecule has 0 bridgehead atoms. The molecule has 1 aliphatic rings. The Balaban J connectivity index is 2.04. The predicted molar refractivity (Wildman–Crippen MR) is 70.4 cm³/mol. The molecule has 4 nitrogen and oxygen atoms in total. The minimum atomic E-state index is 0.446. The number of methoxy groups -OCH3 is 1. The molecular weight excluding hydrogens is 216 g/mol. The van der Waals surface area contributed by atoms with E-state index >= 15 is 0 Å². The minimum Gasteiger partial charge on any atom is -0.383 e. The number of hydrogen-bond donors (Lipinski definition) is 1. The highest BCUT2D eigenvalue weighted by Gasteiger charge is 2.14. The lowest BCUT2D eigenvalue weighted by Gasteiger charge is -2.26. The summed E-state index contributed by atoms with van der Waals surface area (Å²) in [4.78, 5) is 2.44. The molecule has 0 aromatic heterocycles. The van der Waals surface area contributed by atoms with Crippen molar-refractivity contribution in [3.8, 4) is 0 Å². The normalized spacial score (nSPS) is 20.6. The van der Waals surface area contributed by atoms with Gasteiger partial charge in [0, 0.05) is 45.9 Å². The van der Waals surface area contributed by atoms with Crippen LogP contribution in [0.15, 0.2) is 0 Å². The van der Waals surface area contributed by atoms with Crippen LogP contribution in [0, 0.1) is 0 Å². The molecule has 1 heterocycles. The second-order valence-electron chi connectivity index (χ2n) is 4.96. The van der Waals surface area contributed by atoms with Crippen LogP contribution >= 0.6 is 0 Å². The summed E-state index contributed by atoms with van der Waals surface area (Å²) < 4.78 is 10.7. The average Bonchev–Trinajstić information content (AvgIpc) is 2.80. The highest BCUT2D eigenvalue weighted by atomic mass is 16.5. The van der Waals surface area contributed by atoms with Crippen molar-refractivity contribution in [1.82, 2.24) is 10.2 Å². The van der Waals surface area contributed by atoms with Crippen LogP contribution in [0.2, 0.25) is 0 Å². The first-order valence-corrected chi connectivity index (χ1v) is 6.79. The topological polar surface area (TPSA) is 33.7 Å². The van der Waals surface area contributed by atoms with Crippen LogP contribution in [-0.2, 0) is 9.47 Å². The lowest BCUT2D eigenvalue weighted by molar-refractivity contribution is 0.106. The number of nitrogens with zero attached hydrogens (tertiary/aromatic N) is 1. The summed E-state index contributed by atoms with van der Waals surface area (Å²) in [7, 11) is 1.76. The quantitative estimate of drug-likeness (QED) is 0.616. The van der Waals surface area contributed by atoms with E-state index in [0.717, 1.165) is 39.4 Å². The minimum absolute atomic E-state index is 0.446. The van der Waals surface area contributed by atoms with E-state index in [0.29, 0.717) is 12.1 Å². The van der Waals surface area contributed by atoms with Gasteiger partial charge in [-0.2, -0.15) is 0 Å². The van der Waals surface area contributed by atoms with E-state index in [1.165, 1.54) is 12.8 Å². The van der Waals surface area contributed by atoms with E-state index in [4.69, 9.17) is 9.47 Å². The second kappa shape index (κ2) is 8.86. The van der Waals surface area contributed by atoms with Crippen molar-refractivity contribution in [2.75, 3.05) is 46.5 Å².